The van der Waals surface area contributed by atoms with Gasteiger partial charge in [-0.3, -0.25) is 0 Å². The van der Waals surface area contributed by atoms with Crippen molar-refractivity contribution in [2.45, 2.75) is 13.5 Å². The van der Waals surface area contributed by atoms with Gasteiger partial charge in [0, 0.05) is 6.20 Å². The standard InChI is InChI=1S/C7H11N3O2S/c1-6-8-4-3-7(10-6)5-9-13(2,11)12/h3-4,9H,5H2,1-2H3. The van der Waals surface area contributed by atoms with Crippen LogP contribution in [0.2, 0.25) is 0 Å². The molecule has 1 N–H and O–H groups in total. The van der Waals surface area contributed by atoms with Crippen molar-refractivity contribution in [3.63, 3.8) is 0 Å². The summed E-state index contributed by atoms with van der Waals surface area (Å²) in [6.45, 7) is 1.96. The maximum atomic E-state index is 10.7. The lowest BCUT2D eigenvalue weighted by Crippen LogP contribution is -2.21. The first-order valence-electron chi connectivity index (χ1n) is 3.70. The Morgan fingerprint density at radius 2 is 2.23 bits per heavy atom. The van der Waals surface area contributed by atoms with Gasteiger partial charge in [-0.15, -0.1) is 0 Å². The Labute approximate surface area is 77.3 Å². The Kier molecular flexibility index (Phi) is 2.94. The molecule has 0 spiro atoms. The van der Waals surface area contributed by atoms with E-state index in [1.807, 2.05) is 0 Å². The molecule has 0 atom stereocenters. The van der Waals surface area contributed by atoms with Gasteiger partial charge in [-0.2, -0.15) is 0 Å². The topological polar surface area (TPSA) is 72.0 Å². The van der Waals surface area contributed by atoms with Crippen LogP contribution in [0.5, 0.6) is 0 Å². The molecular weight excluding hydrogens is 190 g/mol. The monoisotopic (exact) mass is 201 g/mol. The Bertz CT molecular complexity index is 388. The van der Waals surface area contributed by atoms with Crippen LogP contribution < -0.4 is 4.72 Å². The zero-order chi connectivity index (χ0) is 9.90. The molecule has 0 amide bonds. The highest BCUT2D eigenvalue weighted by atomic mass is 32.2. The molecule has 1 heterocycles. The third-order valence-electron chi connectivity index (χ3n) is 1.35. The molecule has 5 nitrogen and oxygen atoms in total. The lowest BCUT2D eigenvalue weighted by Gasteiger charge is -2.01. The van der Waals surface area contributed by atoms with Gasteiger partial charge < -0.3 is 0 Å². The molecule has 1 aromatic heterocycles. The van der Waals surface area contributed by atoms with Crippen molar-refractivity contribution in [2.24, 2.45) is 0 Å². The molecule has 1 rings (SSSR count). The Morgan fingerprint density at radius 1 is 1.54 bits per heavy atom. The average Bonchev–Trinajstić information content (AvgIpc) is 2.00. The summed E-state index contributed by atoms with van der Waals surface area (Å²) in [4.78, 5) is 7.93. The van der Waals surface area contributed by atoms with Crippen LogP contribution in [0.3, 0.4) is 0 Å². The van der Waals surface area contributed by atoms with Gasteiger partial charge in [0.25, 0.3) is 0 Å². The third kappa shape index (κ3) is 3.95. The van der Waals surface area contributed by atoms with Crippen molar-refractivity contribution in [3.8, 4) is 0 Å². The fraction of sp³-hybridized carbons (Fsp3) is 0.429. The van der Waals surface area contributed by atoms with E-state index in [-0.39, 0.29) is 6.54 Å². The maximum absolute atomic E-state index is 10.7. The van der Waals surface area contributed by atoms with E-state index in [4.69, 9.17) is 0 Å². The third-order valence-corrected chi connectivity index (χ3v) is 2.02. The zero-order valence-electron chi connectivity index (χ0n) is 7.48. The van der Waals surface area contributed by atoms with E-state index in [2.05, 4.69) is 14.7 Å². The summed E-state index contributed by atoms with van der Waals surface area (Å²) in [6.07, 6.45) is 2.71. The van der Waals surface area contributed by atoms with Crippen LogP contribution in [0.4, 0.5) is 0 Å². The molecule has 13 heavy (non-hydrogen) atoms. The van der Waals surface area contributed by atoms with E-state index in [9.17, 15) is 8.42 Å². The van der Waals surface area contributed by atoms with Gasteiger partial charge in [0.15, 0.2) is 0 Å². The second-order valence-corrected chi connectivity index (χ2v) is 4.52. The Balaban J connectivity index is 2.65. The van der Waals surface area contributed by atoms with Crippen LogP contribution in [0.15, 0.2) is 12.3 Å². The molecular formula is C7H11N3O2S. The van der Waals surface area contributed by atoms with E-state index in [1.165, 1.54) is 0 Å². The van der Waals surface area contributed by atoms with Crippen LogP contribution in [-0.2, 0) is 16.6 Å². The number of sulfonamides is 1. The van der Waals surface area contributed by atoms with Crippen molar-refractivity contribution in [3.05, 3.63) is 23.8 Å². The molecule has 0 fully saturated rings. The number of aromatic nitrogens is 2. The highest BCUT2D eigenvalue weighted by Gasteiger charge is 2.01. The number of nitrogens with zero attached hydrogens (tertiary/aromatic N) is 2. The summed E-state index contributed by atoms with van der Waals surface area (Å²) in [5.41, 5.74) is 0.665. The molecule has 1 aromatic rings. The quantitative estimate of drug-likeness (QED) is 0.737. The molecule has 72 valence electrons. The second-order valence-electron chi connectivity index (χ2n) is 2.69. The number of rotatable bonds is 3. The van der Waals surface area contributed by atoms with Crippen LogP contribution >= 0.6 is 0 Å². The molecule has 0 radical (unpaired) electrons. The second kappa shape index (κ2) is 3.80. The highest BCUT2D eigenvalue weighted by Crippen LogP contribution is 1.94. The minimum atomic E-state index is -3.15. The van der Waals surface area contributed by atoms with E-state index in [0.29, 0.717) is 11.5 Å². The predicted octanol–water partition coefficient (Wildman–Crippen LogP) is -0.166. The van der Waals surface area contributed by atoms with Crippen LogP contribution in [0, 0.1) is 6.92 Å². The number of nitrogens with one attached hydrogen (secondary N) is 1. The fourth-order valence-electron chi connectivity index (χ4n) is 0.809. The molecule has 0 saturated heterocycles. The molecule has 0 aliphatic heterocycles. The molecule has 0 aromatic carbocycles. The summed E-state index contributed by atoms with van der Waals surface area (Å²) >= 11 is 0. The summed E-state index contributed by atoms with van der Waals surface area (Å²) < 4.78 is 23.8. The highest BCUT2D eigenvalue weighted by molar-refractivity contribution is 7.88. The largest absolute Gasteiger partial charge is 0.242 e. The number of hydrogen-bond donors (Lipinski definition) is 1. The average molecular weight is 201 g/mol. The van der Waals surface area contributed by atoms with Crippen LogP contribution in [-0.4, -0.2) is 24.6 Å². The first-order valence-corrected chi connectivity index (χ1v) is 5.60. The van der Waals surface area contributed by atoms with Crippen LogP contribution in [0.1, 0.15) is 11.5 Å². The molecule has 0 unspecified atom stereocenters. The van der Waals surface area contributed by atoms with E-state index in [0.717, 1.165) is 6.26 Å². The first kappa shape index (κ1) is 10.1. The zero-order valence-corrected chi connectivity index (χ0v) is 8.30. The van der Waals surface area contributed by atoms with Crippen molar-refractivity contribution in [1.29, 1.82) is 0 Å². The summed E-state index contributed by atoms with van der Waals surface area (Å²) in [5.74, 6) is 0.632. The van der Waals surface area contributed by atoms with Gasteiger partial charge in [0.2, 0.25) is 10.0 Å². The molecule has 0 saturated carbocycles. The minimum absolute atomic E-state index is 0.211. The summed E-state index contributed by atoms with van der Waals surface area (Å²) in [7, 11) is -3.15. The van der Waals surface area contributed by atoms with E-state index < -0.39 is 10.0 Å². The Morgan fingerprint density at radius 3 is 2.77 bits per heavy atom. The van der Waals surface area contributed by atoms with Crippen LogP contribution in [0.25, 0.3) is 0 Å². The van der Waals surface area contributed by atoms with E-state index >= 15 is 0 Å². The molecule has 6 heteroatoms. The van der Waals surface area contributed by atoms with Gasteiger partial charge in [-0.05, 0) is 13.0 Å². The van der Waals surface area contributed by atoms with Gasteiger partial charge in [-0.25, -0.2) is 23.1 Å². The molecule has 0 aliphatic carbocycles. The van der Waals surface area contributed by atoms with Crippen molar-refractivity contribution in [1.82, 2.24) is 14.7 Å². The van der Waals surface area contributed by atoms with Crippen molar-refractivity contribution in [2.75, 3.05) is 6.26 Å². The summed E-state index contributed by atoms with van der Waals surface area (Å²) in [5, 5.41) is 0. The van der Waals surface area contributed by atoms with Gasteiger partial charge in [0.1, 0.15) is 5.82 Å². The Hall–Kier alpha value is -1.01. The van der Waals surface area contributed by atoms with Crippen molar-refractivity contribution < 1.29 is 8.42 Å². The first-order chi connectivity index (χ1) is 5.97. The van der Waals surface area contributed by atoms with Crippen molar-refractivity contribution >= 4 is 10.0 Å². The van der Waals surface area contributed by atoms with Gasteiger partial charge in [0.05, 0.1) is 18.5 Å². The number of hydrogen-bond acceptors (Lipinski definition) is 4. The predicted molar refractivity (Wildman–Crippen MR) is 48.5 cm³/mol. The molecule has 0 bridgehead atoms. The fourth-order valence-corrected chi connectivity index (χ4v) is 1.22. The SMILES string of the molecule is Cc1nccc(CNS(C)(=O)=O)n1. The minimum Gasteiger partial charge on any atom is -0.242 e. The van der Waals surface area contributed by atoms with Gasteiger partial charge >= 0.3 is 0 Å². The van der Waals surface area contributed by atoms with Gasteiger partial charge in [-0.1, -0.05) is 0 Å². The summed E-state index contributed by atoms with van der Waals surface area (Å²) in [6, 6.07) is 1.67. The number of aryl methyl sites for hydroxylation is 1. The molecule has 0 aliphatic rings. The van der Waals surface area contributed by atoms with E-state index in [1.54, 1.807) is 19.2 Å². The normalized spacial score (nSPS) is 11.5. The smallest absolute Gasteiger partial charge is 0.209 e. The lowest BCUT2D eigenvalue weighted by atomic mass is 10.4. The maximum Gasteiger partial charge on any atom is 0.209 e. The lowest BCUT2D eigenvalue weighted by molar-refractivity contribution is 0.586.